The molecule has 0 radical (unpaired) electrons. The Labute approximate surface area is 167 Å². The minimum Gasteiger partial charge on any atom is -0.354 e. The third-order valence-corrected chi connectivity index (χ3v) is 3.82. The van der Waals surface area contributed by atoms with Gasteiger partial charge in [-0.05, 0) is 37.3 Å². The van der Waals surface area contributed by atoms with Crippen molar-refractivity contribution in [3.63, 3.8) is 0 Å². The molecule has 0 bridgehead atoms. The number of aliphatic imine (C=N–C) groups is 1. The Morgan fingerprint density at radius 3 is 2.60 bits per heavy atom. The molecule has 0 aliphatic heterocycles. The van der Waals surface area contributed by atoms with Crippen LogP contribution in [0.5, 0.6) is 0 Å². The second-order valence-corrected chi connectivity index (χ2v) is 6.44. The average molecular weight is 456 g/mol. The summed E-state index contributed by atoms with van der Waals surface area (Å²) in [6.07, 6.45) is 9.59. The van der Waals surface area contributed by atoms with Gasteiger partial charge in [0, 0.05) is 38.2 Å². The van der Waals surface area contributed by atoms with E-state index in [1.54, 1.807) is 19.6 Å². The Morgan fingerprint density at radius 2 is 2.04 bits per heavy atom. The lowest BCUT2D eigenvalue weighted by Gasteiger charge is -2.18. The van der Waals surface area contributed by atoms with Crippen LogP contribution in [0, 0.1) is 5.92 Å². The van der Waals surface area contributed by atoms with Crippen molar-refractivity contribution >= 4 is 29.9 Å². The predicted molar refractivity (Wildman–Crippen MR) is 114 cm³/mol. The van der Waals surface area contributed by atoms with Crippen LogP contribution < -0.4 is 10.6 Å². The van der Waals surface area contributed by atoms with Gasteiger partial charge >= 0.3 is 0 Å². The van der Waals surface area contributed by atoms with E-state index in [-0.39, 0.29) is 24.0 Å². The molecule has 2 N–H and O–H groups in total. The van der Waals surface area contributed by atoms with E-state index in [0.29, 0.717) is 12.6 Å². The summed E-state index contributed by atoms with van der Waals surface area (Å²) in [7, 11) is 1.80. The maximum absolute atomic E-state index is 4.46. The molecule has 2 rings (SSSR count). The van der Waals surface area contributed by atoms with Gasteiger partial charge in [-0.3, -0.25) is 9.56 Å². The molecule has 138 valence electrons. The Bertz CT molecular complexity index is 622. The van der Waals surface area contributed by atoms with Gasteiger partial charge in [-0.15, -0.1) is 24.0 Å². The highest BCUT2D eigenvalue weighted by atomic mass is 127. The fraction of sp³-hybridized carbons (Fsp3) is 0.500. The Hall–Kier alpha value is -1.64. The van der Waals surface area contributed by atoms with Crippen LogP contribution in [0.15, 0.2) is 42.0 Å². The van der Waals surface area contributed by atoms with Crippen LogP contribution >= 0.6 is 24.0 Å². The van der Waals surface area contributed by atoms with E-state index < -0.39 is 0 Å². The monoisotopic (exact) mass is 456 g/mol. The molecule has 0 saturated heterocycles. The van der Waals surface area contributed by atoms with Crippen LogP contribution in [0.25, 0.3) is 5.82 Å². The largest absolute Gasteiger partial charge is 0.354 e. The van der Waals surface area contributed by atoms with Crippen LogP contribution in [0.2, 0.25) is 0 Å². The molecule has 0 amide bonds. The van der Waals surface area contributed by atoms with Gasteiger partial charge in [0.1, 0.15) is 12.1 Å². The van der Waals surface area contributed by atoms with Crippen LogP contribution in [0.1, 0.15) is 39.2 Å². The van der Waals surface area contributed by atoms with Crippen molar-refractivity contribution < 1.29 is 0 Å². The molecule has 6 nitrogen and oxygen atoms in total. The summed E-state index contributed by atoms with van der Waals surface area (Å²) in [5.41, 5.74) is 1.11. The quantitative estimate of drug-likeness (QED) is 0.381. The number of aromatic nitrogens is 3. The zero-order valence-electron chi connectivity index (χ0n) is 15.4. The minimum absolute atomic E-state index is 0. The summed E-state index contributed by atoms with van der Waals surface area (Å²) in [5.74, 6) is 2.41. The van der Waals surface area contributed by atoms with Crippen LogP contribution in [0.4, 0.5) is 0 Å². The molecule has 0 saturated carbocycles. The third kappa shape index (κ3) is 7.41. The van der Waals surface area contributed by atoms with Crippen molar-refractivity contribution in [1.29, 1.82) is 0 Å². The van der Waals surface area contributed by atoms with Crippen molar-refractivity contribution in [2.75, 3.05) is 7.05 Å². The van der Waals surface area contributed by atoms with Gasteiger partial charge in [0.25, 0.3) is 0 Å². The zero-order valence-corrected chi connectivity index (χ0v) is 17.8. The Morgan fingerprint density at radius 1 is 1.24 bits per heavy atom. The number of rotatable bonds is 7. The molecular formula is C18H29IN6. The van der Waals surface area contributed by atoms with Gasteiger partial charge in [-0.1, -0.05) is 19.9 Å². The van der Waals surface area contributed by atoms with Crippen LogP contribution in [-0.4, -0.2) is 33.6 Å². The standard InChI is InChI=1S/C18H28N6.HI/c1-14(2)5-6-15(3)23-18(19-4)22-12-16-7-8-17(21-11-16)24-10-9-20-13-24;/h7-11,13-15H,5-6,12H2,1-4H3,(H2,19,22,23);1H. The number of imidazole rings is 1. The van der Waals surface area contributed by atoms with Crippen LogP contribution in [0.3, 0.4) is 0 Å². The average Bonchev–Trinajstić information content (AvgIpc) is 3.11. The highest BCUT2D eigenvalue weighted by Gasteiger charge is 2.06. The third-order valence-electron chi connectivity index (χ3n) is 3.82. The summed E-state index contributed by atoms with van der Waals surface area (Å²) in [6, 6.07) is 4.45. The summed E-state index contributed by atoms with van der Waals surface area (Å²) >= 11 is 0. The fourth-order valence-corrected chi connectivity index (χ4v) is 2.34. The Kier molecular flexibility index (Phi) is 9.48. The highest BCUT2D eigenvalue weighted by molar-refractivity contribution is 14.0. The summed E-state index contributed by atoms with van der Waals surface area (Å²) in [6.45, 7) is 7.38. The number of halogens is 1. The van der Waals surface area contributed by atoms with E-state index in [1.165, 1.54) is 6.42 Å². The first-order valence-electron chi connectivity index (χ1n) is 8.49. The maximum Gasteiger partial charge on any atom is 0.191 e. The van der Waals surface area contributed by atoms with Crippen molar-refractivity contribution in [2.45, 2.75) is 46.2 Å². The van der Waals surface area contributed by atoms with E-state index in [4.69, 9.17) is 0 Å². The summed E-state index contributed by atoms with van der Waals surface area (Å²) in [4.78, 5) is 12.8. The SMILES string of the molecule is CN=C(NCc1ccc(-n2ccnc2)nc1)NC(C)CCC(C)C.I. The molecule has 0 aliphatic rings. The van der Waals surface area contributed by atoms with E-state index >= 15 is 0 Å². The zero-order chi connectivity index (χ0) is 17.4. The first-order chi connectivity index (χ1) is 11.6. The predicted octanol–water partition coefficient (Wildman–Crippen LogP) is 3.38. The minimum atomic E-state index is 0. The highest BCUT2D eigenvalue weighted by Crippen LogP contribution is 2.07. The molecule has 2 aromatic heterocycles. The molecule has 2 heterocycles. The van der Waals surface area contributed by atoms with Crippen molar-refractivity contribution in [3.8, 4) is 5.82 Å². The molecule has 1 unspecified atom stereocenters. The topological polar surface area (TPSA) is 67.1 Å². The number of guanidine groups is 1. The van der Waals surface area contributed by atoms with E-state index in [1.807, 2.05) is 23.0 Å². The molecule has 2 aromatic rings. The normalized spacial score (nSPS) is 12.6. The summed E-state index contributed by atoms with van der Waals surface area (Å²) < 4.78 is 1.88. The number of hydrogen-bond donors (Lipinski definition) is 2. The number of hydrogen-bond acceptors (Lipinski definition) is 3. The van der Waals surface area contributed by atoms with Gasteiger partial charge in [0.2, 0.25) is 0 Å². The van der Waals surface area contributed by atoms with Crippen LogP contribution in [-0.2, 0) is 6.54 Å². The lowest BCUT2D eigenvalue weighted by molar-refractivity contribution is 0.489. The van der Waals surface area contributed by atoms with Crippen molar-refractivity contribution in [3.05, 3.63) is 42.6 Å². The number of pyridine rings is 1. The van der Waals surface area contributed by atoms with E-state index in [0.717, 1.165) is 29.7 Å². The molecule has 25 heavy (non-hydrogen) atoms. The summed E-state index contributed by atoms with van der Waals surface area (Å²) in [5, 5.41) is 6.77. The van der Waals surface area contributed by atoms with Crippen molar-refractivity contribution in [1.82, 2.24) is 25.2 Å². The first-order valence-corrected chi connectivity index (χ1v) is 8.49. The Balaban J connectivity index is 0.00000312. The maximum atomic E-state index is 4.46. The molecule has 1 atom stereocenters. The molecule has 0 fully saturated rings. The smallest absolute Gasteiger partial charge is 0.191 e. The molecule has 7 heteroatoms. The second-order valence-electron chi connectivity index (χ2n) is 6.44. The lowest BCUT2D eigenvalue weighted by Crippen LogP contribution is -2.41. The van der Waals surface area contributed by atoms with E-state index in [2.05, 4.69) is 52.4 Å². The van der Waals surface area contributed by atoms with Gasteiger partial charge in [0.15, 0.2) is 5.96 Å². The van der Waals surface area contributed by atoms with Gasteiger partial charge in [-0.2, -0.15) is 0 Å². The van der Waals surface area contributed by atoms with Gasteiger partial charge in [-0.25, -0.2) is 9.97 Å². The van der Waals surface area contributed by atoms with Gasteiger partial charge < -0.3 is 10.6 Å². The second kappa shape index (κ2) is 11.1. The fourth-order valence-electron chi connectivity index (χ4n) is 2.34. The molecular weight excluding hydrogens is 427 g/mol. The molecule has 0 spiro atoms. The van der Waals surface area contributed by atoms with E-state index in [9.17, 15) is 0 Å². The van der Waals surface area contributed by atoms with Gasteiger partial charge in [0.05, 0.1) is 0 Å². The van der Waals surface area contributed by atoms with Crippen molar-refractivity contribution in [2.24, 2.45) is 10.9 Å². The molecule has 0 aliphatic carbocycles. The lowest BCUT2D eigenvalue weighted by atomic mass is 10.0. The first kappa shape index (κ1) is 21.4. The number of nitrogens with one attached hydrogen (secondary N) is 2. The molecule has 0 aromatic carbocycles. The number of nitrogens with zero attached hydrogens (tertiary/aromatic N) is 4.